The molecule has 0 atom stereocenters. The van der Waals surface area contributed by atoms with Crippen LogP contribution in [0.4, 0.5) is 5.82 Å². The zero-order chi connectivity index (χ0) is 9.42. The highest BCUT2D eigenvalue weighted by atomic mass is 16.2. The van der Waals surface area contributed by atoms with Crippen molar-refractivity contribution in [2.45, 2.75) is 19.8 Å². The fraction of sp³-hybridized carbons (Fsp3) is 0.625. The monoisotopic (exact) mass is 180 g/mol. The number of hydrogen-bond acceptors (Lipinski definition) is 3. The molecule has 1 saturated heterocycles. The Hall–Kier alpha value is -1.39. The Labute approximate surface area is 76.3 Å². The summed E-state index contributed by atoms with van der Waals surface area (Å²) in [6.45, 7) is 2.66. The van der Waals surface area contributed by atoms with Gasteiger partial charge in [0, 0.05) is 20.0 Å². The van der Waals surface area contributed by atoms with E-state index in [1.807, 2.05) is 6.92 Å². The smallest absolute Gasteiger partial charge is 0.228 e. The molecule has 0 bridgehead atoms. The summed E-state index contributed by atoms with van der Waals surface area (Å²) < 4.78 is 1.65. The lowest BCUT2D eigenvalue weighted by atomic mass is 10.4. The van der Waals surface area contributed by atoms with Crippen molar-refractivity contribution < 1.29 is 4.79 Å². The van der Waals surface area contributed by atoms with Gasteiger partial charge in [0.25, 0.3) is 0 Å². The second kappa shape index (κ2) is 2.83. The van der Waals surface area contributed by atoms with Crippen molar-refractivity contribution in [3.05, 3.63) is 5.69 Å². The maximum Gasteiger partial charge on any atom is 0.228 e. The summed E-state index contributed by atoms with van der Waals surface area (Å²) in [5.41, 5.74) is 0.817. The lowest BCUT2D eigenvalue weighted by molar-refractivity contribution is -0.117. The quantitative estimate of drug-likeness (QED) is 0.622. The van der Waals surface area contributed by atoms with Crippen LogP contribution in [-0.2, 0) is 11.8 Å². The first kappa shape index (κ1) is 8.22. The average Bonchev–Trinajstić information content (AvgIpc) is 2.60. The predicted molar refractivity (Wildman–Crippen MR) is 47.3 cm³/mol. The Morgan fingerprint density at radius 3 is 2.69 bits per heavy atom. The van der Waals surface area contributed by atoms with E-state index in [2.05, 4.69) is 10.3 Å². The minimum Gasteiger partial charge on any atom is -0.295 e. The minimum atomic E-state index is 0.175. The molecule has 70 valence electrons. The summed E-state index contributed by atoms with van der Waals surface area (Å²) in [4.78, 5) is 13.2. The lowest BCUT2D eigenvalue weighted by Crippen LogP contribution is -2.26. The van der Waals surface area contributed by atoms with Gasteiger partial charge in [0.2, 0.25) is 5.91 Å². The van der Waals surface area contributed by atoms with Gasteiger partial charge in [-0.2, -0.15) is 0 Å². The maximum atomic E-state index is 11.4. The normalized spacial score (nSPS) is 17.1. The van der Waals surface area contributed by atoms with Gasteiger partial charge in [-0.1, -0.05) is 5.21 Å². The SMILES string of the molecule is Cc1nnn(C)c1N1CCCC1=O. The van der Waals surface area contributed by atoms with E-state index < -0.39 is 0 Å². The van der Waals surface area contributed by atoms with Gasteiger partial charge in [-0.25, -0.2) is 4.68 Å². The number of anilines is 1. The number of aryl methyl sites for hydroxylation is 2. The van der Waals surface area contributed by atoms with E-state index in [-0.39, 0.29) is 5.91 Å². The Morgan fingerprint density at radius 1 is 1.46 bits per heavy atom. The number of rotatable bonds is 1. The molecule has 1 fully saturated rings. The van der Waals surface area contributed by atoms with Crippen LogP contribution in [0.2, 0.25) is 0 Å². The van der Waals surface area contributed by atoms with Crippen molar-refractivity contribution in [1.29, 1.82) is 0 Å². The van der Waals surface area contributed by atoms with Gasteiger partial charge in [-0.3, -0.25) is 9.69 Å². The molecular weight excluding hydrogens is 168 g/mol. The number of carbonyl (C=O) groups is 1. The van der Waals surface area contributed by atoms with Crippen LogP contribution in [0.25, 0.3) is 0 Å². The van der Waals surface area contributed by atoms with Crippen LogP contribution < -0.4 is 4.90 Å². The van der Waals surface area contributed by atoms with Crippen molar-refractivity contribution in [3.63, 3.8) is 0 Å². The third kappa shape index (κ3) is 1.20. The molecule has 13 heavy (non-hydrogen) atoms. The van der Waals surface area contributed by atoms with Crippen LogP contribution in [0.3, 0.4) is 0 Å². The van der Waals surface area contributed by atoms with E-state index in [0.29, 0.717) is 6.42 Å². The lowest BCUT2D eigenvalue weighted by Gasteiger charge is -2.15. The van der Waals surface area contributed by atoms with Crippen molar-refractivity contribution in [2.24, 2.45) is 7.05 Å². The fourth-order valence-corrected chi connectivity index (χ4v) is 1.70. The molecule has 2 rings (SSSR count). The molecular formula is C8H12N4O. The molecule has 1 amide bonds. The summed E-state index contributed by atoms with van der Waals surface area (Å²) in [5.74, 6) is 1.01. The van der Waals surface area contributed by atoms with Crippen LogP contribution in [-0.4, -0.2) is 27.4 Å². The van der Waals surface area contributed by atoms with Crippen LogP contribution in [0.15, 0.2) is 0 Å². The zero-order valence-corrected chi connectivity index (χ0v) is 7.82. The minimum absolute atomic E-state index is 0.175. The van der Waals surface area contributed by atoms with E-state index in [1.165, 1.54) is 0 Å². The molecule has 5 heteroatoms. The first-order chi connectivity index (χ1) is 6.20. The Kier molecular flexibility index (Phi) is 1.79. The molecule has 1 aromatic heterocycles. The highest BCUT2D eigenvalue weighted by Crippen LogP contribution is 2.22. The second-order valence-electron chi connectivity index (χ2n) is 3.27. The molecule has 0 radical (unpaired) electrons. The molecule has 0 N–H and O–H groups in total. The molecule has 1 aliphatic heterocycles. The third-order valence-corrected chi connectivity index (χ3v) is 2.29. The Balaban J connectivity index is 2.39. The predicted octanol–water partition coefficient (Wildman–Crippen LogP) is 0.250. The standard InChI is InChI=1S/C8H12N4O/c1-6-8(11(2)10-9-6)12-5-3-4-7(12)13/h3-5H2,1-2H3. The van der Waals surface area contributed by atoms with Crippen LogP contribution >= 0.6 is 0 Å². The number of aromatic nitrogens is 3. The number of amides is 1. The summed E-state index contributed by atoms with van der Waals surface area (Å²) in [5, 5.41) is 7.78. The van der Waals surface area contributed by atoms with E-state index in [1.54, 1.807) is 16.6 Å². The number of hydrogen-bond donors (Lipinski definition) is 0. The molecule has 0 aromatic carbocycles. The highest BCUT2D eigenvalue weighted by Gasteiger charge is 2.26. The third-order valence-electron chi connectivity index (χ3n) is 2.29. The number of carbonyl (C=O) groups excluding carboxylic acids is 1. The molecule has 1 aromatic rings. The van der Waals surface area contributed by atoms with Gasteiger partial charge in [0.05, 0.1) is 0 Å². The average molecular weight is 180 g/mol. The van der Waals surface area contributed by atoms with E-state index >= 15 is 0 Å². The summed E-state index contributed by atoms with van der Waals surface area (Å²) in [7, 11) is 1.81. The summed E-state index contributed by atoms with van der Waals surface area (Å²) in [6, 6.07) is 0. The zero-order valence-electron chi connectivity index (χ0n) is 7.82. The van der Waals surface area contributed by atoms with Crippen molar-refractivity contribution in [3.8, 4) is 0 Å². The van der Waals surface area contributed by atoms with Crippen molar-refractivity contribution in [2.75, 3.05) is 11.4 Å². The maximum absolute atomic E-state index is 11.4. The summed E-state index contributed by atoms with van der Waals surface area (Å²) in [6.07, 6.45) is 1.58. The summed E-state index contributed by atoms with van der Waals surface area (Å²) >= 11 is 0. The van der Waals surface area contributed by atoms with E-state index in [4.69, 9.17) is 0 Å². The van der Waals surface area contributed by atoms with E-state index in [9.17, 15) is 4.79 Å². The molecule has 5 nitrogen and oxygen atoms in total. The van der Waals surface area contributed by atoms with Gasteiger partial charge >= 0.3 is 0 Å². The first-order valence-corrected chi connectivity index (χ1v) is 4.37. The molecule has 0 unspecified atom stereocenters. The second-order valence-corrected chi connectivity index (χ2v) is 3.27. The Bertz CT molecular complexity index is 324. The highest BCUT2D eigenvalue weighted by molar-refractivity contribution is 5.94. The van der Waals surface area contributed by atoms with Crippen molar-refractivity contribution >= 4 is 11.7 Å². The Morgan fingerprint density at radius 2 is 2.23 bits per heavy atom. The van der Waals surface area contributed by atoms with Gasteiger partial charge in [0.15, 0.2) is 5.82 Å². The molecule has 0 spiro atoms. The van der Waals surface area contributed by atoms with Gasteiger partial charge in [0.1, 0.15) is 5.69 Å². The molecule has 1 aliphatic rings. The largest absolute Gasteiger partial charge is 0.295 e. The first-order valence-electron chi connectivity index (χ1n) is 4.37. The fourth-order valence-electron chi connectivity index (χ4n) is 1.70. The van der Waals surface area contributed by atoms with Crippen LogP contribution in [0, 0.1) is 6.92 Å². The molecule has 2 heterocycles. The number of nitrogens with zero attached hydrogens (tertiary/aromatic N) is 4. The van der Waals surface area contributed by atoms with Crippen molar-refractivity contribution in [1.82, 2.24) is 15.0 Å². The van der Waals surface area contributed by atoms with Gasteiger partial charge in [-0.15, -0.1) is 5.10 Å². The molecule has 0 aliphatic carbocycles. The van der Waals surface area contributed by atoms with Crippen LogP contribution in [0.5, 0.6) is 0 Å². The van der Waals surface area contributed by atoms with E-state index in [0.717, 1.165) is 24.5 Å². The topological polar surface area (TPSA) is 51.0 Å². The van der Waals surface area contributed by atoms with Crippen LogP contribution in [0.1, 0.15) is 18.5 Å². The van der Waals surface area contributed by atoms with Gasteiger partial charge < -0.3 is 0 Å². The van der Waals surface area contributed by atoms with Gasteiger partial charge in [-0.05, 0) is 13.3 Å². The molecule has 0 saturated carbocycles.